The fourth-order valence-corrected chi connectivity index (χ4v) is 3.42. The number of rotatable bonds is 5. The number of nitriles is 1. The highest BCUT2D eigenvalue weighted by molar-refractivity contribution is 7.98. The number of carbonyl (C=O) groups is 1. The Labute approximate surface area is 153 Å². The molecule has 2 aromatic heterocycles. The highest BCUT2D eigenvalue weighted by Crippen LogP contribution is 2.30. The summed E-state index contributed by atoms with van der Waals surface area (Å²) in [4.78, 5) is 29.8. The second-order valence-corrected chi connectivity index (χ2v) is 6.38. The van der Waals surface area contributed by atoms with Gasteiger partial charge in [-0.1, -0.05) is 18.2 Å². The molecule has 2 N–H and O–H groups in total. The molecule has 0 fully saturated rings. The molecule has 2 heterocycles. The zero-order chi connectivity index (χ0) is 18.5. The van der Waals surface area contributed by atoms with Crippen molar-refractivity contribution in [1.82, 2.24) is 9.97 Å². The predicted octanol–water partition coefficient (Wildman–Crippen LogP) is 3.30. The van der Waals surface area contributed by atoms with Crippen molar-refractivity contribution in [3.8, 4) is 17.2 Å². The first-order valence-electron chi connectivity index (χ1n) is 7.61. The van der Waals surface area contributed by atoms with Gasteiger partial charge in [0.2, 0.25) is 5.56 Å². The lowest BCUT2D eigenvalue weighted by atomic mass is 10.0. The van der Waals surface area contributed by atoms with Crippen LogP contribution in [0.3, 0.4) is 0 Å². The number of carboxylic acids is 1. The molecule has 0 unspecified atom stereocenters. The summed E-state index contributed by atoms with van der Waals surface area (Å²) in [6.07, 6.45) is 3.22. The summed E-state index contributed by atoms with van der Waals surface area (Å²) < 4.78 is 0. The van der Waals surface area contributed by atoms with Crippen LogP contribution in [0.2, 0.25) is 0 Å². The van der Waals surface area contributed by atoms with E-state index in [1.807, 2.05) is 0 Å². The van der Waals surface area contributed by atoms with E-state index in [9.17, 15) is 14.9 Å². The third-order valence-corrected chi connectivity index (χ3v) is 4.72. The van der Waals surface area contributed by atoms with Crippen molar-refractivity contribution in [2.75, 3.05) is 0 Å². The summed E-state index contributed by atoms with van der Waals surface area (Å²) in [5.74, 6) is -0.580. The van der Waals surface area contributed by atoms with Crippen molar-refractivity contribution in [2.24, 2.45) is 0 Å². The molecular formula is C19H13N3O3S. The van der Waals surface area contributed by atoms with Crippen molar-refractivity contribution in [1.29, 1.82) is 5.26 Å². The van der Waals surface area contributed by atoms with Crippen LogP contribution in [0.5, 0.6) is 0 Å². The number of nitrogens with one attached hydrogen (secondary N) is 1. The molecular weight excluding hydrogens is 350 g/mol. The molecule has 0 aliphatic carbocycles. The molecule has 3 rings (SSSR count). The monoisotopic (exact) mass is 363 g/mol. The third kappa shape index (κ3) is 3.82. The van der Waals surface area contributed by atoms with Gasteiger partial charge in [0.25, 0.3) is 0 Å². The lowest BCUT2D eigenvalue weighted by Crippen LogP contribution is -2.08. The van der Waals surface area contributed by atoms with E-state index in [0.29, 0.717) is 27.5 Å². The quantitative estimate of drug-likeness (QED) is 0.674. The molecule has 6 nitrogen and oxygen atoms in total. The maximum Gasteiger partial charge on any atom is 0.335 e. The summed E-state index contributed by atoms with van der Waals surface area (Å²) in [7, 11) is 0. The summed E-state index contributed by atoms with van der Waals surface area (Å²) in [5.41, 5.74) is 2.23. The van der Waals surface area contributed by atoms with Gasteiger partial charge in [0.15, 0.2) is 0 Å². The van der Waals surface area contributed by atoms with Crippen LogP contribution in [-0.2, 0) is 5.75 Å². The Hall–Kier alpha value is -3.37. The number of nitrogens with zero attached hydrogens (tertiary/aromatic N) is 2. The topological polar surface area (TPSA) is 107 Å². The number of thioether (sulfide) groups is 1. The maximum atomic E-state index is 12.0. The highest BCUT2D eigenvalue weighted by Gasteiger charge is 2.13. The van der Waals surface area contributed by atoms with Crippen LogP contribution < -0.4 is 5.56 Å². The van der Waals surface area contributed by atoms with Crippen molar-refractivity contribution in [2.45, 2.75) is 10.8 Å². The van der Waals surface area contributed by atoms with E-state index in [0.717, 1.165) is 5.56 Å². The number of hydrogen-bond acceptors (Lipinski definition) is 5. The summed E-state index contributed by atoms with van der Waals surface area (Å²) in [6, 6.07) is 13.6. The van der Waals surface area contributed by atoms with Gasteiger partial charge in [0.1, 0.15) is 6.07 Å². The third-order valence-electron chi connectivity index (χ3n) is 3.65. The van der Waals surface area contributed by atoms with Crippen LogP contribution in [0.1, 0.15) is 21.5 Å². The normalized spacial score (nSPS) is 10.3. The van der Waals surface area contributed by atoms with E-state index >= 15 is 0 Å². The SMILES string of the molecule is N#Cc1c(-c2cccnc2)cc(=O)[nH]c1SCc1cccc(C(=O)O)c1. The fourth-order valence-electron chi connectivity index (χ4n) is 2.45. The van der Waals surface area contributed by atoms with Crippen molar-refractivity contribution < 1.29 is 9.90 Å². The first kappa shape index (κ1) is 17.5. The van der Waals surface area contributed by atoms with Crippen molar-refractivity contribution in [3.05, 3.63) is 81.9 Å². The Morgan fingerprint density at radius 1 is 1.27 bits per heavy atom. The molecule has 0 spiro atoms. The molecule has 128 valence electrons. The van der Waals surface area contributed by atoms with Crippen LogP contribution in [0, 0.1) is 11.3 Å². The molecule has 0 aliphatic rings. The number of aromatic carboxylic acids is 1. The van der Waals surface area contributed by atoms with Crippen LogP contribution in [0.4, 0.5) is 0 Å². The molecule has 26 heavy (non-hydrogen) atoms. The van der Waals surface area contributed by atoms with Crippen LogP contribution in [0.25, 0.3) is 11.1 Å². The van der Waals surface area contributed by atoms with Gasteiger partial charge in [-0.2, -0.15) is 5.26 Å². The largest absolute Gasteiger partial charge is 0.478 e. The van der Waals surface area contributed by atoms with E-state index in [1.165, 1.54) is 23.9 Å². The molecule has 3 aromatic rings. The van der Waals surface area contributed by atoms with Gasteiger partial charge in [0.05, 0.1) is 16.2 Å². The summed E-state index contributed by atoms with van der Waals surface area (Å²) >= 11 is 1.28. The average Bonchev–Trinajstić information content (AvgIpc) is 2.66. The van der Waals surface area contributed by atoms with Gasteiger partial charge in [-0.05, 0) is 23.8 Å². The molecule has 0 radical (unpaired) electrons. The van der Waals surface area contributed by atoms with E-state index in [4.69, 9.17) is 5.11 Å². The minimum absolute atomic E-state index is 0.196. The van der Waals surface area contributed by atoms with Gasteiger partial charge in [-0.3, -0.25) is 9.78 Å². The number of carboxylic acid groups (broad SMARTS) is 1. The molecule has 0 amide bonds. The van der Waals surface area contributed by atoms with Crippen molar-refractivity contribution in [3.63, 3.8) is 0 Å². The van der Waals surface area contributed by atoms with Gasteiger partial charge in [0, 0.05) is 35.3 Å². The lowest BCUT2D eigenvalue weighted by Gasteiger charge is -2.09. The minimum Gasteiger partial charge on any atom is -0.478 e. The fraction of sp³-hybridized carbons (Fsp3) is 0.0526. The average molecular weight is 363 g/mol. The molecule has 7 heteroatoms. The maximum absolute atomic E-state index is 12.0. The van der Waals surface area contributed by atoms with Crippen molar-refractivity contribution >= 4 is 17.7 Å². The van der Waals surface area contributed by atoms with Gasteiger partial charge in [-0.15, -0.1) is 11.8 Å². The molecule has 0 aliphatic heterocycles. The Bertz CT molecular complexity index is 1060. The zero-order valence-corrected chi connectivity index (χ0v) is 14.3. The first-order chi connectivity index (χ1) is 12.6. The zero-order valence-electron chi connectivity index (χ0n) is 13.5. The molecule has 1 aromatic carbocycles. The number of aromatic nitrogens is 2. The highest BCUT2D eigenvalue weighted by atomic mass is 32.2. The first-order valence-corrected chi connectivity index (χ1v) is 8.60. The van der Waals surface area contributed by atoms with Gasteiger partial charge < -0.3 is 10.1 Å². The number of pyridine rings is 2. The molecule has 0 saturated carbocycles. The van der Waals surface area contributed by atoms with Crippen LogP contribution >= 0.6 is 11.8 Å². The Kier molecular flexibility index (Phi) is 5.15. The Balaban J connectivity index is 1.95. The molecule has 0 saturated heterocycles. The number of H-pyrrole nitrogens is 1. The molecule has 0 atom stereocenters. The number of aromatic amines is 1. The van der Waals surface area contributed by atoms with E-state index in [2.05, 4.69) is 16.0 Å². The molecule has 0 bridgehead atoms. The van der Waals surface area contributed by atoms with Crippen LogP contribution in [0.15, 0.2) is 64.7 Å². The van der Waals surface area contributed by atoms with Gasteiger partial charge in [-0.25, -0.2) is 4.79 Å². The van der Waals surface area contributed by atoms with E-state index in [-0.39, 0.29) is 11.1 Å². The van der Waals surface area contributed by atoms with E-state index in [1.54, 1.807) is 42.7 Å². The Morgan fingerprint density at radius 3 is 2.81 bits per heavy atom. The second kappa shape index (κ2) is 7.68. The number of benzene rings is 1. The predicted molar refractivity (Wildman–Crippen MR) is 98.0 cm³/mol. The minimum atomic E-state index is -0.999. The number of hydrogen-bond donors (Lipinski definition) is 2. The smallest absolute Gasteiger partial charge is 0.335 e. The Morgan fingerprint density at radius 2 is 2.12 bits per heavy atom. The second-order valence-electron chi connectivity index (χ2n) is 5.40. The lowest BCUT2D eigenvalue weighted by molar-refractivity contribution is 0.0697. The van der Waals surface area contributed by atoms with E-state index < -0.39 is 5.97 Å². The summed E-state index contributed by atoms with van der Waals surface area (Å²) in [5, 5.41) is 19.1. The van der Waals surface area contributed by atoms with Gasteiger partial charge >= 0.3 is 5.97 Å². The van der Waals surface area contributed by atoms with Crippen LogP contribution in [-0.4, -0.2) is 21.0 Å². The summed E-state index contributed by atoms with van der Waals surface area (Å²) in [6.45, 7) is 0. The standard InChI is InChI=1S/C19H13N3O3S/c20-9-16-15(14-5-2-6-21-10-14)8-17(23)22-18(16)26-11-12-3-1-4-13(7-12)19(24)25/h1-8,10H,11H2,(H,22,23)(H,24,25).